The molecule has 1 aromatic rings. The summed E-state index contributed by atoms with van der Waals surface area (Å²) in [6.45, 7) is 7.59. The highest BCUT2D eigenvalue weighted by Gasteiger charge is 2.36. The van der Waals surface area contributed by atoms with Crippen LogP contribution in [0.4, 0.5) is 11.4 Å². The van der Waals surface area contributed by atoms with Crippen molar-refractivity contribution < 1.29 is 19.1 Å². The van der Waals surface area contributed by atoms with Gasteiger partial charge >= 0.3 is 5.97 Å². The number of benzene rings is 1. The molecule has 2 fully saturated rings. The number of amides is 2. The number of carbonyl (C=O) groups excluding carboxylic acids is 3. The molecule has 0 spiro atoms. The first-order valence-electron chi connectivity index (χ1n) is 10.1. The fourth-order valence-corrected chi connectivity index (χ4v) is 3.80. The fourth-order valence-electron chi connectivity index (χ4n) is 3.80. The van der Waals surface area contributed by atoms with Crippen molar-refractivity contribution in [3.05, 3.63) is 24.3 Å². The van der Waals surface area contributed by atoms with Crippen molar-refractivity contribution in [2.75, 3.05) is 49.1 Å². The summed E-state index contributed by atoms with van der Waals surface area (Å²) in [7, 11) is 0. The lowest BCUT2D eigenvalue weighted by Crippen LogP contribution is -2.48. The molecule has 3 rings (SSSR count). The van der Waals surface area contributed by atoms with Crippen LogP contribution in [0.25, 0.3) is 0 Å². The van der Waals surface area contributed by atoms with E-state index in [1.165, 1.54) is 0 Å². The smallest absolute Gasteiger partial charge is 0.311 e. The first-order chi connectivity index (χ1) is 13.5. The molecule has 28 heavy (non-hydrogen) atoms. The van der Waals surface area contributed by atoms with Gasteiger partial charge in [0, 0.05) is 56.9 Å². The zero-order valence-corrected chi connectivity index (χ0v) is 16.7. The molecule has 0 radical (unpaired) electrons. The van der Waals surface area contributed by atoms with E-state index in [2.05, 4.69) is 4.90 Å². The van der Waals surface area contributed by atoms with Crippen LogP contribution in [0.3, 0.4) is 0 Å². The Morgan fingerprint density at radius 1 is 1.04 bits per heavy atom. The quantitative estimate of drug-likeness (QED) is 0.699. The SMILES string of the molecule is CCCC(=O)N1CCN(c2ccc(N3C[C@@H](C(=O)OCC)CC3=O)cc2)CC1. The molecular formula is C21H29N3O4. The molecule has 2 aliphatic heterocycles. The molecule has 0 N–H and O–H groups in total. The third kappa shape index (κ3) is 4.46. The van der Waals surface area contributed by atoms with Crippen molar-refractivity contribution in [3.63, 3.8) is 0 Å². The van der Waals surface area contributed by atoms with Crippen molar-refractivity contribution in [3.8, 4) is 0 Å². The molecule has 0 bridgehead atoms. The molecule has 1 aromatic carbocycles. The summed E-state index contributed by atoms with van der Waals surface area (Å²) in [6, 6.07) is 7.86. The molecule has 0 aliphatic carbocycles. The van der Waals surface area contributed by atoms with Gasteiger partial charge in [0.05, 0.1) is 12.5 Å². The van der Waals surface area contributed by atoms with Gasteiger partial charge in [-0.25, -0.2) is 0 Å². The Labute approximate surface area is 166 Å². The second-order valence-corrected chi connectivity index (χ2v) is 7.29. The van der Waals surface area contributed by atoms with E-state index in [1.807, 2.05) is 36.1 Å². The molecule has 7 nitrogen and oxygen atoms in total. The van der Waals surface area contributed by atoms with Gasteiger partial charge in [-0.15, -0.1) is 0 Å². The third-order valence-corrected chi connectivity index (χ3v) is 5.37. The molecule has 2 aliphatic rings. The molecule has 0 aromatic heterocycles. The monoisotopic (exact) mass is 387 g/mol. The van der Waals surface area contributed by atoms with E-state index in [0.29, 0.717) is 19.6 Å². The van der Waals surface area contributed by atoms with E-state index in [4.69, 9.17) is 4.74 Å². The van der Waals surface area contributed by atoms with Crippen molar-refractivity contribution >= 4 is 29.2 Å². The average Bonchev–Trinajstić information content (AvgIpc) is 3.10. The Hall–Kier alpha value is -2.57. The zero-order valence-electron chi connectivity index (χ0n) is 16.7. The van der Waals surface area contributed by atoms with E-state index < -0.39 is 0 Å². The lowest BCUT2D eigenvalue weighted by Gasteiger charge is -2.36. The summed E-state index contributed by atoms with van der Waals surface area (Å²) in [5.41, 5.74) is 1.89. The first kappa shape index (κ1) is 20.2. The Balaban J connectivity index is 1.58. The first-order valence-corrected chi connectivity index (χ1v) is 10.1. The molecular weight excluding hydrogens is 358 g/mol. The molecule has 2 saturated heterocycles. The highest BCUT2D eigenvalue weighted by atomic mass is 16.5. The number of anilines is 2. The van der Waals surface area contributed by atoms with Crippen LogP contribution in [0.1, 0.15) is 33.1 Å². The summed E-state index contributed by atoms with van der Waals surface area (Å²) in [4.78, 5) is 42.1. The number of rotatable bonds is 6. The van der Waals surface area contributed by atoms with Gasteiger partial charge in [0.1, 0.15) is 0 Å². The summed E-state index contributed by atoms with van der Waals surface area (Å²) in [5, 5.41) is 0. The maximum atomic E-state index is 12.3. The van der Waals surface area contributed by atoms with Crippen LogP contribution in [0.15, 0.2) is 24.3 Å². The highest BCUT2D eigenvalue weighted by molar-refractivity contribution is 5.99. The van der Waals surface area contributed by atoms with E-state index in [-0.39, 0.29) is 30.1 Å². The van der Waals surface area contributed by atoms with Crippen LogP contribution < -0.4 is 9.80 Å². The molecule has 1 atom stereocenters. The van der Waals surface area contributed by atoms with Gasteiger partial charge < -0.3 is 19.4 Å². The third-order valence-electron chi connectivity index (χ3n) is 5.37. The van der Waals surface area contributed by atoms with Crippen molar-refractivity contribution in [1.29, 1.82) is 0 Å². The fraction of sp³-hybridized carbons (Fsp3) is 0.571. The lowest BCUT2D eigenvalue weighted by molar-refractivity contribution is -0.147. The Morgan fingerprint density at radius 2 is 1.68 bits per heavy atom. The summed E-state index contributed by atoms with van der Waals surface area (Å²) in [6.07, 6.45) is 1.70. The second-order valence-electron chi connectivity index (χ2n) is 7.29. The van der Waals surface area contributed by atoms with Crippen LogP contribution in [0.2, 0.25) is 0 Å². The van der Waals surface area contributed by atoms with E-state index in [9.17, 15) is 14.4 Å². The molecule has 2 amide bonds. The minimum Gasteiger partial charge on any atom is -0.466 e. The maximum Gasteiger partial charge on any atom is 0.311 e. The van der Waals surface area contributed by atoms with Gasteiger partial charge in [-0.1, -0.05) is 6.92 Å². The standard InChI is InChI=1S/C21H29N3O4/c1-3-5-19(25)23-12-10-22(11-13-23)17-6-8-18(9-7-17)24-15-16(14-20(24)26)21(27)28-4-2/h6-9,16H,3-5,10-15H2,1-2H3/t16-/m0/s1. The Morgan fingerprint density at radius 3 is 2.29 bits per heavy atom. The maximum absolute atomic E-state index is 12.3. The summed E-state index contributed by atoms with van der Waals surface area (Å²) in [5.74, 6) is -0.499. The Kier molecular flexibility index (Phi) is 6.54. The van der Waals surface area contributed by atoms with Crippen molar-refractivity contribution in [1.82, 2.24) is 4.90 Å². The van der Waals surface area contributed by atoms with Gasteiger partial charge in [-0.2, -0.15) is 0 Å². The Bertz CT molecular complexity index is 711. The highest BCUT2D eigenvalue weighted by Crippen LogP contribution is 2.28. The van der Waals surface area contributed by atoms with E-state index in [1.54, 1.807) is 11.8 Å². The van der Waals surface area contributed by atoms with E-state index in [0.717, 1.165) is 44.0 Å². The predicted molar refractivity (Wildman–Crippen MR) is 107 cm³/mol. The van der Waals surface area contributed by atoms with Gasteiger partial charge in [0.2, 0.25) is 11.8 Å². The minimum atomic E-state index is -0.388. The normalized spacial score (nSPS) is 19.9. The van der Waals surface area contributed by atoms with E-state index >= 15 is 0 Å². The van der Waals surface area contributed by atoms with Crippen LogP contribution in [-0.2, 0) is 19.1 Å². The molecule has 0 unspecified atom stereocenters. The number of hydrogen-bond donors (Lipinski definition) is 0. The number of carbonyl (C=O) groups is 3. The predicted octanol–water partition coefficient (Wildman–Crippen LogP) is 2.05. The van der Waals surface area contributed by atoms with Crippen LogP contribution in [0, 0.1) is 5.92 Å². The average molecular weight is 387 g/mol. The summed E-state index contributed by atoms with van der Waals surface area (Å²) < 4.78 is 5.05. The molecule has 0 saturated carbocycles. The number of ether oxygens (including phenoxy) is 1. The van der Waals surface area contributed by atoms with Gasteiger partial charge in [-0.05, 0) is 37.6 Å². The lowest BCUT2D eigenvalue weighted by atomic mass is 10.1. The summed E-state index contributed by atoms with van der Waals surface area (Å²) >= 11 is 0. The van der Waals surface area contributed by atoms with Crippen LogP contribution in [-0.4, -0.2) is 62.0 Å². The van der Waals surface area contributed by atoms with Crippen molar-refractivity contribution in [2.24, 2.45) is 5.92 Å². The van der Waals surface area contributed by atoms with Gasteiger partial charge in [0.25, 0.3) is 0 Å². The van der Waals surface area contributed by atoms with Gasteiger partial charge in [-0.3, -0.25) is 14.4 Å². The second kappa shape index (κ2) is 9.08. The molecule has 7 heteroatoms. The number of piperazine rings is 1. The molecule has 152 valence electrons. The van der Waals surface area contributed by atoms with Gasteiger partial charge in [0.15, 0.2) is 0 Å². The number of hydrogen-bond acceptors (Lipinski definition) is 5. The molecule has 2 heterocycles. The van der Waals surface area contributed by atoms with Crippen molar-refractivity contribution in [2.45, 2.75) is 33.1 Å². The zero-order chi connectivity index (χ0) is 20.1. The van der Waals surface area contributed by atoms with Crippen LogP contribution in [0.5, 0.6) is 0 Å². The topological polar surface area (TPSA) is 70.2 Å². The number of nitrogens with zero attached hydrogens (tertiary/aromatic N) is 3. The number of esters is 1. The minimum absolute atomic E-state index is 0.0474. The largest absolute Gasteiger partial charge is 0.466 e. The van der Waals surface area contributed by atoms with Crippen LogP contribution >= 0.6 is 0 Å².